The fourth-order valence-electron chi connectivity index (χ4n) is 2.35. The summed E-state index contributed by atoms with van der Waals surface area (Å²) in [4.78, 5) is 0. The van der Waals surface area contributed by atoms with Crippen LogP contribution < -0.4 is 5.32 Å². The monoisotopic (exact) mass is 395 g/mol. The fourth-order valence-corrected chi connectivity index (χ4v) is 3.74. The van der Waals surface area contributed by atoms with Gasteiger partial charge in [0, 0.05) is 21.0 Å². The van der Waals surface area contributed by atoms with Crippen LogP contribution in [0.15, 0.2) is 51.4 Å². The lowest BCUT2D eigenvalue weighted by Crippen LogP contribution is -2.22. The van der Waals surface area contributed by atoms with Crippen LogP contribution in [0.25, 0.3) is 0 Å². The number of nitrogens with one attached hydrogen (secondary N) is 1. The van der Waals surface area contributed by atoms with Crippen LogP contribution in [0.2, 0.25) is 0 Å². The Bertz CT molecular complexity index is 595. The highest BCUT2D eigenvalue weighted by molar-refractivity contribution is 9.11. The van der Waals surface area contributed by atoms with E-state index in [2.05, 4.69) is 100 Å². The number of hydrogen-bond donors (Lipinski definition) is 1. The van der Waals surface area contributed by atoms with Crippen molar-refractivity contribution < 1.29 is 0 Å². The molecule has 0 saturated heterocycles. The van der Waals surface area contributed by atoms with E-state index in [4.69, 9.17) is 0 Å². The molecule has 0 spiro atoms. The van der Waals surface area contributed by atoms with Crippen molar-refractivity contribution in [2.24, 2.45) is 0 Å². The number of halogens is 2. The molecular formula is C17H19Br2N. The topological polar surface area (TPSA) is 12.0 Å². The van der Waals surface area contributed by atoms with E-state index in [0.717, 1.165) is 8.95 Å². The summed E-state index contributed by atoms with van der Waals surface area (Å²) in [6, 6.07) is 15.6. The normalized spacial score (nSPS) is 14.1. The van der Waals surface area contributed by atoms with E-state index in [1.54, 1.807) is 0 Å². The van der Waals surface area contributed by atoms with Crippen molar-refractivity contribution in [1.29, 1.82) is 0 Å². The van der Waals surface area contributed by atoms with Crippen LogP contribution in [0.3, 0.4) is 0 Å². The molecule has 0 radical (unpaired) electrons. The fraction of sp³-hybridized carbons (Fsp3) is 0.294. The summed E-state index contributed by atoms with van der Waals surface area (Å²) in [5, 5.41) is 3.65. The minimum Gasteiger partial charge on any atom is -0.304 e. The SMILES string of the molecule is Cc1cccc([C@H](C)NC(C)c2ccc(Br)cc2Br)c1. The van der Waals surface area contributed by atoms with Gasteiger partial charge in [-0.05, 0) is 44.0 Å². The molecule has 2 atom stereocenters. The quantitative estimate of drug-likeness (QED) is 0.674. The second-order valence-corrected chi connectivity index (χ2v) is 6.96. The highest BCUT2D eigenvalue weighted by Crippen LogP contribution is 2.28. The van der Waals surface area contributed by atoms with Crippen molar-refractivity contribution in [2.45, 2.75) is 32.9 Å². The van der Waals surface area contributed by atoms with Crippen LogP contribution in [0, 0.1) is 6.92 Å². The van der Waals surface area contributed by atoms with Gasteiger partial charge in [0.05, 0.1) is 0 Å². The second kappa shape index (κ2) is 6.88. The maximum absolute atomic E-state index is 3.65. The molecule has 0 aliphatic carbocycles. The number of rotatable bonds is 4. The average molecular weight is 397 g/mol. The molecule has 2 aromatic carbocycles. The van der Waals surface area contributed by atoms with E-state index in [9.17, 15) is 0 Å². The molecule has 2 rings (SSSR count). The van der Waals surface area contributed by atoms with E-state index in [0.29, 0.717) is 6.04 Å². The summed E-state index contributed by atoms with van der Waals surface area (Å²) in [6.07, 6.45) is 0. The molecule has 1 nitrogen and oxygen atoms in total. The molecule has 0 saturated carbocycles. The summed E-state index contributed by atoms with van der Waals surface area (Å²) < 4.78 is 2.22. The molecule has 0 aliphatic rings. The van der Waals surface area contributed by atoms with Gasteiger partial charge in [0.2, 0.25) is 0 Å². The number of hydrogen-bond acceptors (Lipinski definition) is 1. The van der Waals surface area contributed by atoms with Gasteiger partial charge < -0.3 is 5.32 Å². The molecule has 1 unspecified atom stereocenters. The third-order valence-corrected chi connectivity index (χ3v) is 4.65. The van der Waals surface area contributed by atoms with Crippen LogP contribution in [-0.2, 0) is 0 Å². The maximum atomic E-state index is 3.65. The highest BCUT2D eigenvalue weighted by Gasteiger charge is 2.13. The van der Waals surface area contributed by atoms with Crippen LogP contribution in [0.5, 0.6) is 0 Å². The third-order valence-electron chi connectivity index (χ3n) is 3.47. The first kappa shape index (κ1) is 15.7. The highest BCUT2D eigenvalue weighted by atomic mass is 79.9. The van der Waals surface area contributed by atoms with Gasteiger partial charge in [-0.25, -0.2) is 0 Å². The number of aryl methyl sites for hydroxylation is 1. The second-order valence-electron chi connectivity index (χ2n) is 5.19. The van der Waals surface area contributed by atoms with Gasteiger partial charge >= 0.3 is 0 Å². The van der Waals surface area contributed by atoms with Crippen LogP contribution in [0.4, 0.5) is 0 Å². The summed E-state index contributed by atoms with van der Waals surface area (Å²) in [7, 11) is 0. The molecule has 0 bridgehead atoms. The lowest BCUT2D eigenvalue weighted by atomic mass is 10.0. The Morgan fingerprint density at radius 2 is 1.70 bits per heavy atom. The molecular weight excluding hydrogens is 378 g/mol. The Balaban J connectivity index is 2.12. The average Bonchev–Trinajstić information content (AvgIpc) is 2.38. The van der Waals surface area contributed by atoms with Crippen molar-refractivity contribution in [3.05, 3.63) is 68.1 Å². The first-order valence-corrected chi connectivity index (χ1v) is 8.33. The first-order chi connectivity index (χ1) is 9.47. The first-order valence-electron chi connectivity index (χ1n) is 6.75. The van der Waals surface area contributed by atoms with E-state index in [-0.39, 0.29) is 6.04 Å². The van der Waals surface area contributed by atoms with E-state index >= 15 is 0 Å². The van der Waals surface area contributed by atoms with Crippen LogP contribution >= 0.6 is 31.9 Å². The molecule has 0 heterocycles. The van der Waals surface area contributed by atoms with E-state index < -0.39 is 0 Å². The molecule has 0 aromatic heterocycles. The van der Waals surface area contributed by atoms with Crippen molar-refractivity contribution in [3.63, 3.8) is 0 Å². The van der Waals surface area contributed by atoms with E-state index in [1.165, 1.54) is 16.7 Å². The van der Waals surface area contributed by atoms with Gasteiger partial charge in [0.25, 0.3) is 0 Å². The minimum absolute atomic E-state index is 0.285. The molecule has 0 amide bonds. The molecule has 3 heteroatoms. The zero-order valence-corrected chi connectivity index (χ0v) is 15.1. The standard InChI is InChI=1S/C17H19Br2N/c1-11-5-4-6-14(9-11)12(2)20-13(3)16-8-7-15(18)10-17(16)19/h4-10,12-13,20H,1-3H3/t12-,13?/m0/s1. The van der Waals surface area contributed by atoms with Crippen LogP contribution in [-0.4, -0.2) is 0 Å². The molecule has 2 aromatic rings. The van der Waals surface area contributed by atoms with E-state index in [1.807, 2.05) is 0 Å². The van der Waals surface area contributed by atoms with Gasteiger partial charge in [-0.1, -0.05) is 67.8 Å². The Hall–Kier alpha value is -0.640. The zero-order chi connectivity index (χ0) is 14.7. The Labute approximate surface area is 138 Å². The van der Waals surface area contributed by atoms with Crippen molar-refractivity contribution in [1.82, 2.24) is 5.32 Å². The zero-order valence-electron chi connectivity index (χ0n) is 12.0. The Kier molecular flexibility index (Phi) is 5.42. The van der Waals surface area contributed by atoms with Gasteiger partial charge in [0.15, 0.2) is 0 Å². The predicted octanol–water partition coefficient (Wildman–Crippen LogP) is 5.93. The smallest absolute Gasteiger partial charge is 0.0308 e. The van der Waals surface area contributed by atoms with Gasteiger partial charge in [0.1, 0.15) is 0 Å². The van der Waals surface area contributed by atoms with Gasteiger partial charge in [-0.15, -0.1) is 0 Å². The maximum Gasteiger partial charge on any atom is 0.0308 e. The summed E-state index contributed by atoms with van der Waals surface area (Å²) >= 11 is 7.13. The van der Waals surface area contributed by atoms with Gasteiger partial charge in [-0.3, -0.25) is 0 Å². The molecule has 20 heavy (non-hydrogen) atoms. The van der Waals surface area contributed by atoms with Crippen molar-refractivity contribution in [2.75, 3.05) is 0 Å². The van der Waals surface area contributed by atoms with Crippen molar-refractivity contribution in [3.8, 4) is 0 Å². The summed E-state index contributed by atoms with van der Waals surface area (Å²) in [6.45, 7) is 6.53. The summed E-state index contributed by atoms with van der Waals surface area (Å²) in [5.41, 5.74) is 3.89. The van der Waals surface area contributed by atoms with Crippen molar-refractivity contribution >= 4 is 31.9 Å². The Morgan fingerprint density at radius 1 is 0.950 bits per heavy atom. The lowest BCUT2D eigenvalue weighted by Gasteiger charge is -2.22. The lowest BCUT2D eigenvalue weighted by molar-refractivity contribution is 0.493. The third kappa shape index (κ3) is 3.94. The summed E-state index contributed by atoms with van der Waals surface area (Å²) in [5.74, 6) is 0. The largest absolute Gasteiger partial charge is 0.304 e. The van der Waals surface area contributed by atoms with Crippen LogP contribution in [0.1, 0.15) is 42.6 Å². The molecule has 0 aliphatic heterocycles. The predicted molar refractivity (Wildman–Crippen MR) is 93.0 cm³/mol. The molecule has 0 fully saturated rings. The molecule has 1 N–H and O–H groups in total. The van der Waals surface area contributed by atoms with Gasteiger partial charge in [-0.2, -0.15) is 0 Å². The number of benzene rings is 2. The Morgan fingerprint density at radius 3 is 2.35 bits per heavy atom. The minimum atomic E-state index is 0.285. The molecule has 106 valence electrons.